The molecule has 1 amide bonds. The van der Waals surface area contributed by atoms with Gasteiger partial charge in [0.2, 0.25) is 5.91 Å². The number of primary amides is 1. The van der Waals surface area contributed by atoms with E-state index in [1.165, 1.54) is 4.57 Å². The van der Waals surface area contributed by atoms with E-state index in [9.17, 15) is 24.6 Å². The van der Waals surface area contributed by atoms with Gasteiger partial charge in [0, 0.05) is 42.5 Å². The number of hydrogen-bond donors (Lipinski definition) is 3. The molecule has 0 aliphatic carbocycles. The number of benzene rings is 3. The van der Waals surface area contributed by atoms with Crippen molar-refractivity contribution in [3.05, 3.63) is 112 Å². The molecule has 2 heterocycles. The predicted octanol–water partition coefficient (Wildman–Crippen LogP) is 3.75. The number of likely N-dealkylation sites (tertiary alicyclic amines) is 1. The van der Waals surface area contributed by atoms with Crippen LogP contribution in [-0.2, 0) is 17.8 Å². The van der Waals surface area contributed by atoms with Gasteiger partial charge in [-0.3, -0.25) is 19.1 Å². The third kappa shape index (κ3) is 6.98. The van der Waals surface area contributed by atoms with Crippen LogP contribution in [0.3, 0.4) is 0 Å². The van der Waals surface area contributed by atoms with Crippen molar-refractivity contribution in [3.8, 4) is 5.69 Å². The van der Waals surface area contributed by atoms with Crippen molar-refractivity contribution >= 4 is 22.6 Å². The number of aliphatic hydroxyl groups is 1. The summed E-state index contributed by atoms with van der Waals surface area (Å²) < 4.78 is 1.52. The first-order valence-corrected chi connectivity index (χ1v) is 13.0. The number of aryl methyl sites for hydroxylation is 1. The van der Waals surface area contributed by atoms with E-state index in [0.717, 1.165) is 12.0 Å². The van der Waals surface area contributed by atoms with Crippen molar-refractivity contribution in [2.24, 2.45) is 5.73 Å². The zero-order valence-electron chi connectivity index (χ0n) is 21.7. The summed E-state index contributed by atoms with van der Waals surface area (Å²) in [5, 5.41) is 20.6. The lowest BCUT2D eigenvalue weighted by atomic mass is 10.0. The first-order chi connectivity index (χ1) is 18.8. The number of aliphatic hydroxyl groups excluding tert-OH is 1. The molecule has 5 rings (SSSR count). The third-order valence-corrected chi connectivity index (χ3v) is 6.85. The number of carboxylic acid groups (broad SMARTS) is 1. The monoisotopic (exact) mass is 527 g/mol. The highest BCUT2D eigenvalue weighted by Crippen LogP contribution is 2.25. The van der Waals surface area contributed by atoms with Crippen molar-refractivity contribution in [2.75, 3.05) is 13.1 Å². The van der Waals surface area contributed by atoms with E-state index in [4.69, 9.17) is 5.73 Å². The number of fused-ring (bicyclic) bond motifs is 1. The predicted molar refractivity (Wildman–Crippen MR) is 151 cm³/mol. The molecule has 0 radical (unpaired) electrons. The first-order valence-electron chi connectivity index (χ1n) is 13.0. The number of aromatic carboxylic acids is 1. The van der Waals surface area contributed by atoms with Gasteiger partial charge in [-0.2, -0.15) is 0 Å². The summed E-state index contributed by atoms with van der Waals surface area (Å²) >= 11 is 0. The summed E-state index contributed by atoms with van der Waals surface area (Å²) in [6.07, 6.45) is 2.15. The first kappa shape index (κ1) is 27.8. The standard InChI is InChI=1S/C22H22N2O4.C9H11NO/c25-16-10-12-23(13-11-16)14-19-20(22(27)28)17-8-4-5-9-18(17)21(26)24(19)15-6-2-1-3-7-15;10-9(11)7-6-8-4-2-1-3-5-8/h1-9,16,25H,10-14H2,(H,27,28);1-5H,6-7H2,(H2,10,11). The van der Waals surface area contributed by atoms with Crippen LogP contribution in [0, 0.1) is 0 Å². The second-order valence-corrected chi connectivity index (χ2v) is 9.61. The van der Waals surface area contributed by atoms with Gasteiger partial charge in [-0.25, -0.2) is 4.79 Å². The Kier molecular flexibility index (Phi) is 9.25. The molecule has 0 spiro atoms. The normalized spacial score (nSPS) is 14.0. The number of carboxylic acids is 1. The summed E-state index contributed by atoms with van der Waals surface area (Å²) in [6.45, 7) is 1.66. The number of carbonyl (C=O) groups excluding carboxylic acids is 1. The number of nitrogens with two attached hydrogens (primary N) is 1. The van der Waals surface area contributed by atoms with E-state index in [1.54, 1.807) is 24.3 Å². The SMILES string of the molecule is NC(=O)CCc1ccccc1.O=C(O)c1c(CN2CCC(O)CC2)n(-c2ccccc2)c(=O)c2ccccc12. The van der Waals surface area contributed by atoms with Crippen LogP contribution < -0.4 is 11.3 Å². The molecule has 1 aliphatic rings. The number of carbonyl (C=O) groups is 2. The number of hydrogen-bond acceptors (Lipinski definition) is 5. The summed E-state index contributed by atoms with van der Waals surface area (Å²) in [5.41, 5.74) is 7.21. The van der Waals surface area contributed by atoms with Gasteiger partial charge >= 0.3 is 5.97 Å². The Morgan fingerprint density at radius 2 is 1.41 bits per heavy atom. The smallest absolute Gasteiger partial charge is 0.338 e. The summed E-state index contributed by atoms with van der Waals surface area (Å²) in [6, 6.07) is 25.8. The number of aromatic nitrogens is 1. The van der Waals surface area contributed by atoms with Gasteiger partial charge in [0.1, 0.15) is 0 Å². The van der Waals surface area contributed by atoms with E-state index in [0.29, 0.717) is 61.1 Å². The minimum Gasteiger partial charge on any atom is -0.478 e. The van der Waals surface area contributed by atoms with Crippen molar-refractivity contribution in [2.45, 2.75) is 38.3 Å². The molecule has 1 saturated heterocycles. The molecule has 1 aliphatic heterocycles. The van der Waals surface area contributed by atoms with Crippen LogP contribution in [0.25, 0.3) is 16.5 Å². The van der Waals surface area contributed by atoms with Gasteiger partial charge in [0.05, 0.1) is 17.4 Å². The lowest BCUT2D eigenvalue weighted by molar-refractivity contribution is -0.118. The highest BCUT2D eigenvalue weighted by Gasteiger charge is 2.25. The lowest BCUT2D eigenvalue weighted by Gasteiger charge is -2.31. The third-order valence-electron chi connectivity index (χ3n) is 6.85. The fourth-order valence-corrected chi connectivity index (χ4v) is 4.84. The maximum atomic E-state index is 13.3. The van der Waals surface area contributed by atoms with E-state index in [-0.39, 0.29) is 23.1 Å². The quantitative estimate of drug-likeness (QED) is 0.336. The molecule has 1 fully saturated rings. The van der Waals surface area contributed by atoms with E-state index < -0.39 is 5.97 Å². The number of pyridine rings is 1. The Balaban J connectivity index is 0.000000270. The molecule has 3 aromatic carbocycles. The summed E-state index contributed by atoms with van der Waals surface area (Å²) in [5.74, 6) is -1.29. The van der Waals surface area contributed by atoms with Gasteiger partial charge < -0.3 is 15.9 Å². The average Bonchev–Trinajstić information content (AvgIpc) is 2.94. The van der Waals surface area contributed by atoms with Gasteiger partial charge in [0.25, 0.3) is 5.56 Å². The maximum Gasteiger partial charge on any atom is 0.338 e. The highest BCUT2D eigenvalue weighted by atomic mass is 16.4. The number of rotatable bonds is 7. The van der Waals surface area contributed by atoms with Crippen LogP contribution in [0.1, 0.15) is 40.9 Å². The molecular weight excluding hydrogens is 494 g/mol. The summed E-state index contributed by atoms with van der Waals surface area (Å²) in [7, 11) is 0. The molecule has 4 aromatic rings. The molecule has 8 heteroatoms. The molecule has 0 atom stereocenters. The maximum absolute atomic E-state index is 13.3. The summed E-state index contributed by atoms with van der Waals surface area (Å²) in [4.78, 5) is 38.1. The van der Waals surface area contributed by atoms with Crippen molar-refractivity contribution in [1.82, 2.24) is 9.47 Å². The average molecular weight is 528 g/mol. The van der Waals surface area contributed by atoms with E-state index >= 15 is 0 Å². The Morgan fingerprint density at radius 3 is 2.00 bits per heavy atom. The fraction of sp³-hybridized carbons (Fsp3) is 0.258. The van der Waals surface area contributed by atoms with Gasteiger partial charge in [-0.15, -0.1) is 0 Å². The van der Waals surface area contributed by atoms with Gasteiger partial charge in [-0.1, -0.05) is 66.7 Å². The Labute approximate surface area is 226 Å². The van der Waals surface area contributed by atoms with Crippen LogP contribution >= 0.6 is 0 Å². The number of nitrogens with zero attached hydrogens (tertiary/aromatic N) is 2. The molecule has 0 unspecified atom stereocenters. The van der Waals surface area contributed by atoms with Crippen LogP contribution in [0.2, 0.25) is 0 Å². The molecule has 0 saturated carbocycles. The zero-order chi connectivity index (χ0) is 27.8. The second-order valence-electron chi connectivity index (χ2n) is 9.61. The van der Waals surface area contributed by atoms with Crippen molar-refractivity contribution in [3.63, 3.8) is 0 Å². The minimum absolute atomic E-state index is 0.158. The van der Waals surface area contributed by atoms with Crippen LogP contribution in [-0.4, -0.2) is 50.8 Å². The molecule has 39 heavy (non-hydrogen) atoms. The van der Waals surface area contributed by atoms with Crippen LogP contribution in [0.5, 0.6) is 0 Å². The molecular formula is C31H33N3O5. The van der Waals surface area contributed by atoms with Gasteiger partial charge in [-0.05, 0) is 43.0 Å². The number of para-hydroxylation sites is 1. The zero-order valence-corrected chi connectivity index (χ0v) is 21.7. The molecule has 202 valence electrons. The topological polar surface area (TPSA) is 126 Å². The second kappa shape index (κ2) is 13.0. The van der Waals surface area contributed by atoms with E-state index in [2.05, 4.69) is 4.90 Å². The van der Waals surface area contributed by atoms with Gasteiger partial charge in [0.15, 0.2) is 0 Å². The largest absolute Gasteiger partial charge is 0.478 e. The van der Waals surface area contributed by atoms with Crippen LogP contribution in [0.4, 0.5) is 0 Å². The Bertz CT molecular complexity index is 1480. The molecule has 4 N–H and O–H groups in total. The lowest BCUT2D eigenvalue weighted by Crippen LogP contribution is -2.38. The highest BCUT2D eigenvalue weighted by molar-refractivity contribution is 6.04. The molecule has 8 nitrogen and oxygen atoms in total. The Hall–Kier alpha value is -4.27. The van der Waals surface area contributed by atoms with Crippen molar-refractivity contribution < 1.29 is 19.8 Å². The minimum atomic E-state index is -1.05. The van der Waals surface area contributed by atoms with E-state index in [1.807, 2.05) is 60.7 Å². The molecule has 1 aromatic heterocycles. The number of amides is 1. The number of piperidine rings is 1. The Morgan fingerprint density at radius 1 is 0.846 bits per heavy atom. The van der Waals surface area contributed by atoms with Crippen molar-refractivity contribution in [1.29, 1.82) is 0 Å². The van der Waals surface area contributed by atoms with Crippen LogP contribution in [0.15, 0.2) is 89.7 Å². The fourth-order valence-electron chi connectivity index (χ4n) is 4.84. The molecule has 0 bridgehead atoms.